The van der Waals surface area contributed by atoms with Gasteiger partial charge in [-0.25, -0.2) is 17.9 Å². The zero-order valence-electron chi connectivity index (χ0n) is 19.1. The first-order chi connectivity index (χ1) is 16.8. The molecule has 1 aliphatic heterocycles. The van der Waals surface area contributed by atoms with Crippen LogP contribution in [0.1, 0.15) is 15.9 Å². The van der Waals surface area contributed by atoms with E-state index in [-0.39, 0.29) is 29.3 Å². The Balaban J connectivity index is 1.67. The third-order valence-corrected chi connectivity index (χ3v) is 6.91. The van der Waals surface area contributed by atoms with E-state index in [1.807, 2.05) is 18.2 Å². The quantitative estimate of drug-likeness (QED) is 0.501. The molecule has 1 amide bonds. The first kappa shape index (κ1) is 24.2. The van der Waals surface area contributed by atoms with Crippen molar-refractivity contribution in [1.82, 2.24) is 4.72 Å². The molecule has 0 saturated heterocycles. The van der Waals surface area contributed by atoms with Crippen LogP contribution in [0.4, 0.5) is 5.69 Å². The van der Waals surface area contributed by atoms with Crippen molar-refractivity contribution in [1.29, 1.82) is 0 Å². The number of carbonyl (C=O) groups is 2. The first-order valence-electron chi connectivity index (χ1n) is 10.7. The minimum Gasteiger partial charge on any atom is -0.495 e. The van der Waals surface area contributed by atoms with E-state index in [1.54, 1.807) is 36.4 Å². The molecule has 0 saturated carbocycles. The van der Waals surface area contributed by atoms with Gasteiger partial charge in [-0.3, -0.25) is 4.79 Å². The number of rotatable bonds is 7. The van der Waals surface area contributed by atoms with Crippen LogP contribution in [0.25, 0.3) is 0 Å². The topological polar surface area (TPSA) is 111 Å². The van der Waals surface area contributed by atoms with Crippen molar-refractivity contribution in [3.8, 4) is 11.5 Å². The fourth-order valence-electron chi connectivity index (χ4n) is 3.71. The summed E-state index contributed by atoms with van der Waals surface area (Å²) in [5.74, 6) is -0.692. The number of carbonyl (C=O) groups excluding carboxylic acids is 2. The van der Waals surface area contributed by atoms with Crippen molar-refractivity contribution in [2.45, 2.75) is 17.5 Å². The molecular weight excluding hydrogens is 472 g/mol. The second-order valence-electron chi connectivity index (χ2n) is 7.69. The fourth-order valence-corrected chi connectivity index (χ4v) is 4.92. The van der Waals surface area contributed by atoms with Gasteiger partial charge in [0.15, 0.2) is 0 Å². The molecule has 1 aliphatic rings. The molecule has 9 nitrogen and oxygen atoms in total. The molecule has 0 aromatic heterocycles. The zero-order chi connectivity index (χ0) is 25.0. The van der Waals surface area contributed by atoms with Crippen LogP contribution in [0.15, 0.2) is 77.7 Å². The molecule has 1 heterocycles. The summed E-state index contributed by atoms with van der Waals surface area (Å²) in [5.41, 5.74) is 1.34. The minimum atomic E-state index is -4.02. The van der Waals surface area contributed by atoms with E-state index < -0.39 is 28.0 Å². The molecule has 0 fully saturated rings. The molecule has 10 heteroatoms. The van der Waals surface area contributed by atoms with Crippen LogP contribution in [0.5, 0.6) is 11.5 Å². The summed E-state index contributed by atoms with van der Waals surface area (Å²) >= 11 is 0. The van der Waals surface area contributed by atoms with Crippen molar-refractivity contribution in [2.75, 3.05) is 25.7 Å². The number of hydrogen-bond donors (Lipinski definition) is 1. The third kappa shape index (κ3) is 5.13. The lowest BCUT2D eigenvalue weighted by Gasteiger charge is -2.33. The molecule has 0 radical (unpaired) electrons. The van der Waals surface area contributed by atoms with Gasteiger partial charge >= 0.3 is 5.97 Å². The highest BCUT2D eigenvalue weighted by Crippen LogP contribution is 2.35. The van der Waals surface area contributed by atoms with E-state index in [0.717, 1.165) is 5.56 Å². The van der Waals surface area contributed by atoms with Crippen molar-refractivity contribution >= 4 is 27.6 Å². The van der Waals surface area contributed by atoms with Crippen molar-refractivity contribution in [2.24, 2.45) is 0 Å². The van der Waals surface area contributed by atoms with Crippen LogP contribution in [0, 0.1) is 0 Å². The fraction of sp³-hybridized carbons (Fsp3) is 0.200. The molecule has 0 spiro atoms. The highest BCUT2D eigenvalue weighted by Gasteiger charge is 2.35. The maximum Gasteiger partial charge on any atom is 0.348 e. The van der Waals surface area contributed by atoms with Crippen LogP contribution >= 0.6 is 0 Å². The average Bonchev–Trinajstić information content (AvgIpc) is 2.90. The maximum absolute atomic E-state index is 13.5. The Labute approximate surface area is 203 Å². The maximum atomic E-state index is 13.5. The summed E-state index contributed by atoms with van der Waals surface area (Å²) in [5, 5.41) is 0. The number of sulfonamides is 1. The summed E-state index contributed by atoms with van der Waals surface area (Å²) in [6.45, 7) is -0.0228. The largest absolute Gasteiger partial charge is 0.495 e. The Bertz CT molecular complexity index is 1340. The summed E-state index contributed by atoms with van der Waals surface area (Å²) < 4.78 is 44.5. The highest BCUT2D eigenvalue weighted by atomic mass is 32.2. The first-order valence-corrected chi connectivity index (χ1v) is 12.2. The molecule has 3 aromatic rings. The molecule has 0 aliphatic carbocycles. The van der Waals surface area contributed by atoms with Crippen LogP contribution in [-0.4, -0.2) is 47.2 Å². The number of para-hydroxylation sites is 2. The predicted octanol–water partition coefficient (Wildman–Crippen LogP) is 2.75. The van der Waals surface area contributed by atoms with Gasteiger partial charge in [0.2, 0.25) is 16.1 Å². The average molecular weight is 497 g/mol. The van der Waals surface area contributed by atoms with E-state index in [9.17, 15) is 18.0 Å². The molecule has 3 aromatic carbocycles. The molecule has 0 bridgehead atoms. The number of nitrogens with one attached hydrogen (secondary N) is 1. The third-order valence-electron chi connectivity index (χ3n) is 5.49. The van der Waals surface area contributed by atoms with Gasteiger partial charge in [-0.2, -0.15) is 0 Å². The minimum absolute atomic E-state index is 0.0716. The number of anilines is 1. The van der Waals surface area contributed by atoms with Gasteiger partial charge in [-0.05, 0) is 35.9 Å². The number of nitrogens with zero attached hydrogens (tertiary/aromatic N) is 1. The molecule has 1 unspecified atom stereocenters. The number of methoxy groups -OCH3 is 2. The van der Waals surface area contributed by atoms with Crippen LogP contribution in [0.3, 0.4) is 0 Å². The van der Waals surface area contributed by atoms with Gasteiger partial charge in [-0.1, -0.05) is 42.5 Å². The lowest BCUT2D eigenvalue weighted by molar-refractivity contribution is -0.148. The van der Waals surface area contributed by atoms with E-state index >= 15 is 0 Å². The smallest absolute Gasteiger partial charge is 0.348 e. The predicted molar refractivity (Wildman–Crippen MR) is 128 cm³/mol. The lowest BCUT2D eigenvalue weighted by atomic mass is 10.1. The van der Waals surface area contributed by atoms with Gasteiger partial charge < -0.3 is 19.1 Å². The van der Waals surface area contributed by atoms with Gasteiger partial charge in [0.25, 0.3) is 5.91 Å². The highest BCUT2D eigenvalue weighted by molar-refractivity contribution is 7.89. The Kier molecular flexibility index (Phi) is 7.04. The zero-order valence-corrected chi connectivity index (χ0v) is 19.9. The van der Waals surface area contributed by atoms with Crippen molar-refractivity contribution in [3.63, 3.8) is 0 Å². The number of amides is 1. The second-order valence-corrected chi connectivity index (χ2v) is 9.42. The molecule has 4 rings (SSSR count). The van der Waals surface area contributed by atoms with Gasteiger partial charge in [0, 0.05) is 12.1 Å². The summed E-state index contributed by atoms with van der Waals surface area (Å²) in [6, 6.07) is 20.0. The summed E-state index contributed by atoms with van der Waals surface area (Å²) in [6.07, 6.45) is -1.02. The van der Waals surface area contributed by atoms with Crippen LogP contribution in [0.2, 0.25) is 0 Å². The number of fused-ring (bicyclic) bond motifs is 1. The van der Waals surface area contributed by atoms with Crippen LogP contribution in [-0.2, 0) is 26.1 Å². The van der Waals surface area contributed by atoms with E-state index in [4.69, 9.17) is 14.2 Å². The molecular formula is C25H24N2O7S. The summed E-state index contributed by atoms with van der Waals surface area (Å²) in [4.78, 5) is 26.9. The monoisotopic (exact) mass is 496 g/mol. The van der Waals surface area contributed by atoms with E-state index in [0.29, 0.717) is 11.4 Å². The van der Waals surface area contributed by atoms with Gasteiger partial charge in [0.1, 0.15) is 16.4 Å². The molecule has 182 valence electrons. The Hall–Kier alpha value is -3.89. The van der Waals surface area contributed by atoms with Crippen molar-refractivity contribution < 1.29 is 32.2 Å². The van der Waals surface area contributed by atoms with E-state index in [1.165, 1.54) is 37.3 Å². The number of ether oxygens (including phenoxy) is 3. The Morgan fingerprint density at radius 1 is 1.03 bits per heavy atom. The van der Waals surface area contributed by atoms with Gasteiger partial charge in [-0.15, -0.1) is 0 Å². The molecule has 1 atom stereocenters. The lowest BCUT2D eigenvalue weighted by Crippen LogP contribution is -2.47. The van der Waals surface area contributed by atoms with Crippen LogP contribution < -0.4 is 19.1 Å². The Morgan fingerprint density at radius 3 is 2.46 bits per heavy atom. The SMILES string of the molecule is COC(=O)C1CN(C(=O)c2ccc(OC)c(S(=O)(=O)NCc3ccccc3)c2)c2ccccc2O1. The number of benzene rings is 3. The number of hydrogen-bond acceptors (Lipinski definition) is 7. The standard InChI is InChI=1S/C25H24N2O7S/c1-32-21-13-12-18(14-23(21)35(30,31)26-15-17-8-4-3-5-9-17)24(28)27-16-22(25(29)33-2)34-20-11-7-6-10-19(20)27/h3-14,22,26H,15-16H2,1-2H3. The van der Waals surface area contributed by atoms with Crippen molar-refractivity contribution in [3.05, 3.63) is 83.9 Å². The summed E-state index contributed by atoms with van der Waals surface area (Å²) in [7, 11) is -1.43. The Morgan fingerprint density at radius 2 is 1.74 bits per heavy atom. The normalized spacial score (nSPS) is 15.0. The van der Waals surface area contributed by atoms with E-state index in [2.05, 4.69) is 4.72 Å². The second kappa shape index (κ2) is 10.2. The molecule has 35 heavy (non-hydrogen) atoms. The number of esters is 1. The van der Waals surface area contributed by atoms with Gasteiger partial charge in [0.05, 0.1) is 26.5 Å². The molecule has 1 N–H and O–H groups in total.